The molecule has 2 aromatic carbocycles. The summed E-state index contributed by atoms with van der Waals surface area (Å²) in [6, 6.07) is 8.17. The van der Waals surface area contributed by atoms with Crippen LogP contribution in [0.25, 0.3) is 0 Å². The molecule has 2 rings (SSSR count). The summed E-state index contributed by atoms with van der Waals surface area (Å²) in [5, 5.41) is 6.00. The lowest BCUT2D eigenvalue weighted by molar-refractivity contribution is 0.387. The lowest BCUT2D eigenvalue weighted by atomic mass is 10.3. The number of hydrogen-bond acceptors (Lipinski definition) is 2. The molecule has 0 bridgehead atoms. The molecule has 0 amide bonds. The highest BCUT2D eigenvalue weighted by atomic mass is 35.5. The summed E-state index contributed by atoms with van der Waals surface area (Å²) in [5.41, 5.74) is 0.751. The van der Waals surface area contributed by atoms with E-state index >= 15 is 0 Å². The van der Waals surface area contributed by atoms with Gasteiger partial charge in [-0.3, -0.25) is 0 Å². The van der Waals surface area contributed by atoms with Crippen molar-refractivity contribution in [2.24, 2.45) is 0 Å². The average molecular weight is 329 g/mol. The van der Waals surface area contributed by atoms with Crippen LogP contribution in [0.1, 0.15) is 0 Å². The normalized spacial score (nSPS) is 10.1. The van der Waals surface area contributed by atoms with E-state index < -0.39 is 11.6 Å². The second-order valence-corrected chi connectivity index (χ2v) is 4.87. The zero-order valence-electron chi connectivity index (χ0n) is 10.9. The van der Waals surface area contributed by atoms with Gasteiger partial charge in [0.1, 0.15) is 5.82 Å². The van der Waals surface area contributed by atoms with Gasteiger partial charge in [0, 0.05) is 11.8 Å². The molecule has 2 N–H and O–H groups in total. The number of benzene rings is 2. The molecule has 0 heterocycles. The first-order valence-electron chi connectivity index (χ1n) is 5.86. The zero-order chi connectivity index (χ0) is 15.4. The third kappa shape index (κ3) is 4.03. The van der Waals surface area contributed by atoms with Crippen LogP contribution >= 0.6 is 23.8 Å². The Balaban J connectivity index is 2.08. The maximum Gasteiger partial charge on any atom is 0.175 e. The van der Waals surface area contributed by atoms with Gasteiger partial charge in [-0.15, -0.1) is 0 Å². The molecule has 0 saturated heterocycles. The number of halogens is 3. The first-order chi connectivity index (χ1) is 9.99. The standard InChI is InChI=1S/C14H11ClF2N2OS/c1-20-13-5-3-9(7-11(13)17)18-14(21)19-12-6-8(16)2-4-10(12)15/h2-7H,1H3,(H2,18,19,21). The zero-order valence-corrected chi connectivity index (χ0v) is 12.5. The highest BCUT2D eigenvalue weighted by Gasteiger charge is 2.07. The number of methoxy groups -OCH3 is 1. The summed E-state index contributed by atoms with van der Waals surface area (Å²) in [4.78, 5) is 0. The molecule has 110 valence electrons. The van der Waals surface area contributed by atoms with Gasteiger partial charge in [-0.2, -0.15) is 0 Å². The van der Waals surface area contributed by atoms with E-state index in [2.05, 4.69) is 10.6 Å². The van der Waals surface area contributed by atoms with Crippen molar-refractivity contribution in [1.82, 2.24) is 0 Å². The lowest BCUT2D eigenvalue weighted by Gasteiger charge is -2.12. The second-order valence-electron chi connectivity index (χ2n) is 4.05. The molecule has 0 aliphatic heterocycles. The number of hydrogen-bond donors (Lipinski definition) is 2. The van der Waals surface area contributed by atoms with Crippen LogP contribution in [0.5, 0.6) is 5.75 Å². The van der Waals surface area contributed by atoms with Gasteiger partial charge in [0.2, 0.25) is 0 Å². The fraction of sp³-hybridized carbons (Fsp3) is 0.0714. The first-order valence-corrected chi connectivity index (χ1v) is 6.65. The minimum Gasteiger partial charge on any atom is -0.494 e. The largest absolute Gasteiger partial charge is 0.494 e. The molecule has 0 spiro atoms. The molecule has 3 nitrogen and oxygen atoms in total. The van der Waals surface area contributed by atoms with Gasteiger partial charge in [-0.1, -0.05) is 11.6 Å². The van der Waals surface area contributed by atoms with Gasteiger partial charge < -0.3 is 15.4 Å². The quantitative estimate of drug-likeness (QED) is 0.816. The third-order valence-electron chi connectivity index (χ3n) is 2.59. The van der Waals surface area contributed by atoms with E-state index in [1.165, 1.54) is 37.4 Å². The minimum atomic E-state index is -0.519. The van der Waals surface area contributed by atoms with E-state index in [4.69, 9.17) is 28.6 Å². The first kappa shape index (κ1) is 15.5. The smallest absolute Gasteiger partial charge is 0.175 e. The van der Waals surface area contributed by atoms with Crippen molar-refractivity contribution >= 4 is 40.3 Å². The van der Waals surface area contributed by atoms with Crippen LogP contribution in [0.15, 0.2) is 36.4 Å². The van der Waals surface area contributed by atoms with Gasteiger partial charge >= 0.3 is 0 Å². The van der Waals surface area contributed by atoms with Crippen LogP contribution in [0, 0.1) is 11.6 Å². The molecule has 2 aromatic rings. The fourth-order valence-corrected chi connectivity index (χ4v) is 2.01. The number of rotatable bonds is 3. The molecule has 0 saturated carbocycles. The van der Waals surface area contributed by atoms with Crippen LogP contribution in [-0.4, -0.2) is 12.2 Å². The number of ether oxygens (including phenoxy) is 1. The second kappa shape index (κ2) is 6.69. The van der Waals surface area contributed by atoms with Crippen LogP contribution in [0.4, 0.5) is 20.2 Å². The van der Waals surface area contributed by atoms with Gasteiger partial charge in [0.15, 0.2) is 16.7 Å². The van der Waals surface area contributed by atoms with E-state index in [0.717, 1.165) is 0 Å². The Bertz CT molecular complexity index is 682. The molecule has 7 heteroatoms. The maximum atomic E-state index is 13.5. The molecule has 0 aromatic heterocycles. The van der Waals surface area contributed by atoms with Crippen molar-refractivity contribution in [1.29, 1.82) is 0 Å². The maximum absolute atomic E-state index is 13.5. The summed E-state index contributed by atoms with van der Waals surface area (Å²) in [6.45, 7) is 0. The fourth-order valence-electron chi connectivity index (χ4n) is 1.62. The number of nitrogens with one attached hydrogen (secondary N) is 2. The van der Waals surface area contributed by atoms with Gasteiger partial charge in [-0.05, 0) is 42.5 Å². The van der Waals surface area contributed by atoms with Crippen molar-refractivity contribution in [3.8, 4) is 5.75 Å². The lowest BCUT2D eigenvalue weighted by Crippen LogP contribution is -2.19. The van der Waals surface area contributed by atoms with Gasteiger partial charge in [0.25, 0.3) is 0 Å². The summed E-state index contributed by atoms with van der Waals surface area (Å²) >= 11 is 11.0. The summed E-state index contributed by atoms with van der Waals surface area (Å²) in [6.07, 6.45) is 0. The molecule has 0 aliphatic carbocycles. The van der Waals surface area contributed by atoms with Crippen molar-refractivity contribution in [3.63, 3.8) is 0 Å². The van der Waals surface area contributed by atoms with E-state index in [9.17, 15) is 8.78 Å². The Morgan fingerprint density at radius 3 is 2.57 bits per heavy atom. The van der Waals surface area contributed by atoms with Crippen LogP contribution < -0.4 is 15.4 Å². The van der Waals surface area contributed by atoms with Gasteiger partial charge in [0.05, 0.1) is 17.8 Å². The highest BCUT2D eigenvalue weighted by Crippen LogP contribution is 2.24. The minimum absolute atomic E-state index is 0.132. The molecule has 0 unspecified atom stereocenters. The van der Waals surface area contributed by atoms with Crippen molar-refractivity contribution < 1.29 is 13.5 Å². The summed E-state index contributed by atoms with van der Waals surface area (Å²) < 4.78 is 31.5. The average Bonchev–Trinajstić information content (AvgIpc) is 2.43. The van der Waals surface area contributed by atoms with Crippen LogP contribution in [0.2, 0.25) is 5.02 Å². The molecule has 0 fully saturated rings. The molecule has 0 aliphatic rings. The van der Waals surface area contributed by atoms with E-state index in [0.29, 0.717) is 16.4 Å². The molecule has 0 atom stereocenters. The Hall–Kier alpha value is -1.92. The van der Waals surface area contributed by atoms with Crippen LogP contribution in [-0.2, 0) is 0 Å². The predicted molar refractivity (Wildman–Crippen MR) is 84.2 cm³/mol. The summed E-state index contributed by atoms with van der Waals surface area (Å²) in [5.74, 6) is -0.832. The number of thiocarbonyl (C=S) groups is 1. The Morgan fingerprint density at radius 2 is 1.90 bits per heavy atom. The Labute approximate surface area is 130 Å². The number of anilines is 2. The van der Waals surface area contributed by atoms with Gasteiger partial charge in [-0.25, -0.2) is 8.78 Å². The third-order valence-corrected chi connectivity index (χ3v) is 3.12. The van der Waals surface area contributed by atoms with Crippen molar-refractivity contribution in [2.75, 3.05) is 17.7 Å². The highest BCUT2D eigenvalue weighted by molar-refractivity contribution is 7.80. The van der Waals surface area contributed by atoms with E-state index in [1.807, 2.05) is 0 Å². The molecular weight excluding hydrogens is 318 g/mol. The van der Waals surface area contributed by atoms with Crippen molar-refractivity contribution in [2.45, 2.75) is 0 Å². The molecule has 21 heavy (non-hydrogen) atoms. The Morgan fingerprint density at radius 1 is 1.14 bits per heavy atom. The molecular formula is C14H11ClF2N2OS. The SMILES string of the molecule is COc1ccc(NC(=S)Nc2cc(F)ccc2Cl)cc1F. The van der Waals surface area contributed by atoms with Crippen LogP contribution in [0.3, 0.4) is 0 Å². The predicted octanol–water partition coefficient (Wildman–Crippen LogP) is 4.44. The topological polar surface area (TPSA) is 33.3 Å². The Kier molecular flexibility index (Phi) is 4.93. The summed E-state index contributed by atoms with van der Waals surface area (Å²) in [7, 11) is 1.38. The molecule has 0 radical (unpaired) electrons. The monoisotopic (exact) mass is 328 g/mol. The van der Waals surface area contributed by atoms with E-state index in [-0.39, 0.29) is 10.9 Å². The van der Waals surface area contributed by atoms with E-state index in [1.54, 1.807) is 6.07 Å². The van der Waals surface area contributed by atoms with Crippen molar-refractivity contribution in [3.05, 3.63) is 53.1 Å².